The van der Waals surface area contributed by atoms with Crippen LogP contribution >= 0.6 is 0 Å². The van der Waals surface area contributed by atoms with Gasteiger partial charge in [-0.25, -0.2) is 0 Å². The maximum atomic E-state index is 11.0. The first-order valence-corrected chi connectivity index (χ1v) is 6.41. The van der Waals surface area contributed by atoms with Crippen molar-refractivity contribution in [1.82, 2.24) is 10.2 Å². The van der Waals surface area contributed by atoms with Crippen LogP contribution in [0.3, 0.4) is 0 Å². The van der Waals surface area contributed by atoms with E-state index in [4.69, 9.17) is 9.15 Å². The highest BCUT2D eigenvalue weighted by atomic mass is 16.5. The standard InChI is InChI=1S/C14H17N3O3/c1-4-7-19-13-6-5-11(8-12(13)17(3)9-18)14-16-15-10(2)20-14/h5-6,8-9H,4,7H2,1-3H3. The van der Waals surface area contributed by atoms with E-state index < -0.39 is 0 Å². The van der Waals surface area contributed by atoms with Crippen LogP contribution in [0, 0.1) is 6.92 Å². The van der Waals surface area contributed by atoms with Crippen molar-refractivity contribution in [1.29, 1.82) is 0 Å². The Morgan fingerprint density at radius 3 is 2.80 bits per heavy atom. The van der Waals surface area contributed by atoms with Gasteiger partial charge in [0, 0.05) is 19.5 Å². The highest BCUT2D eigenvalue weighted by Gasteiger charge is 2.13. The summed E-state index contributed by atoms with van der Waals surface area (Å²) in [6.07, 6.45) is 1.63. The van der Waals surface area contributed by atoms with Crippen LogP contribution in [-0.4, -0.2) is 30.3 Å². The number of carbonyl (C=O) groups excluding carboxylic acids is 1. The first kappa shape index (κ1) is 14.0. The number of ether oxygens (including phenoxy) is 1. The summed E-state index contributed by atoms with van der Waals surface area (Å²) in [5.74, 6) is 1.57. The van der Waals surface area contributed by atoms with Gasteiger partial charge < -0.3 is 14.1 Å². The molecule has 0 unspecified atom stereocenters. The highest BCUT2D eigenvalue weighted by Crippen LogP contribution is 2.32. The summed E-state index contributed by atoms with van der Waals surface area (Å²) in [6, 6.07) is 5.44. The second-order valence-electron chi connectivity index (χ2n) is 4.37. The lowest BCUT2D eigenvalue weighted by molar-refractivity contribution is -0.107. The Bertz CT molecular complexity index is 595. The molecule has 0 spiro atoms. The van der Waals surface area contributed by atoms with Crippen molar-refractivity contribution in [2.45, 2.75) is 20.3 Å². The molecule has 0 saturated heterocycles. The number of benzene rings is 1. The summed E-state index contributed by atoms with van der Waals surface area (Å²) in [5.41, 5.74) is 1.42. The van der Waals surface area contributed by atoms with Crippen LogP contribution in [0.1, 0.15) is 19.2 Å². The van der Waals surface area contributed by atoms with E-state index in [1.165, 1.54) is 4.90 Å². The van der Waals surface area contributed by atoms with Crippen molar-refractivity contribution in [2.24, 2.45) is 0 Å². The molecule has 0 saturated carbocycles. The van der Waals surface area contributed by atoms with Crippen LogP contribution in [0.25, 0.3) is 11.5 Å². The molecule has 1 aromatic heterocycles. The number of aryl methyl sites for hydroxylation is 1. The predicted molar refractivity (Wildman–Crippen MR) is 74.7 cm³/mol. The highest BCUT2D eigenvalue weighted by molar-refractivity contribution is 5.80. The zero-order chi connectivity index (χ0) is 14.5. The van der Waals surface area contributed by atoms with Crippen LogP contribution in [0.5, 0.6) is 5.75 Å². The van der Waals surface area contributed by atoms with Gasteiger partial charge in [-0.1, -0.05) is 6.92 Å². The first-order valence-electron chi connectivity index (χ1n) is 6.41. The van der Waals surface area contributed by atoms with Crippen molar-refractivity contribution in [3.8, 4) is 17.2 Å². The second-order valence-corrected chi connectivity index (χ2v) is 4.37. The summed E-state index contributed by atoms with van der Waals surface area (Å²) < 4.78 is 11.0. The summed E-state index contributed by atoms with van der Waals surface area (Å²) in [4.78, 5) is 12.5. The van der Waals surface area contributed by atoms with Crippen LogP contribution in [0.2, 0.25) is 0 Å². The van der Waals surface area contributed by atoms with E-state index in [2.05, 4.69) is 10.2 Å². The van der Waals surface area contributed by atoms with Gasteiger partial charge in [0.1, 0.15) is 5.75 Å². The van der Waals surface area contributed by atoms with Gasteiger partial charge in [0.05, 0.1) is 12.3 Å². The van der Waals surface area contributed by atoms with Crippen molar-refractivity contribution >= 4 is 12.1 Å². The Morgan fingerprint density at radius 2 is 2.20 bits per heavy atom. The molecule has 6 nitrogen and oxygen atoms in total. The van der Waals surface area contributed by atoms with E-state index in [1.807, 2.05) is 13.0 Å². The van der Waals surface area contributed by atoms with Crippen LogP contribution < -0.4 is 9.64 Å². The summed E-state index contributed by atoms with van der Waals surface area (Å²) in [5, 5.41) is 7.77. The Morgan fingerprint density at radius 1 is 1.40 bits per heavy atom. The maximum Gasteiger partial charge on any atom is 0.247 e. The van der Waals surface area contributed by atoms with Crippen LogP contribution in [-0.2, 0) is 4.79 Å². The number of rotatable bonds is 6. The molecule has 0 atom stereocenters. The number of hydrogen-bond donors (Lipinski definition) is 0. The number of nitrogens with zero attached hydrogens (tertiary/aromatic N) is 3. The molecule has 0 fully saturated rings. The van der Waals surface area contributed by atoms with Crippen molar-refractivity contribution in [2.75, 3.05) is 18.6 Å². The third-order valence-electron chi connectivity index (χ3n) is 2.73. The van der Waals surface area contributed by atoms with Gasteiger partial charge >= 0.3 is 0 Å². The van der Waals surface area contributed by atoms with E-state index in [0.29, 0.717) is 29.8 Å². The van der Waals surface area contributed by atoms with E-state index in [9.17, 15) is 4.79 Å². The molecule has 0 bridgehead atoms. The molecule has 1 heterocycles. The molecule has 0 aliphatic heterocycles. The Labute approximate surface area is 117 Å². The summed E-state index contributed by atoms with van der Waals surface area (Å²) in [6.45, 7) is 4.35. The van der Waals surface area contributed by atoms with Gasteiger partial charge in [-0.3, -0.25) is 4.79 Å². The molecule has 0 aliphatic rings. The lowest BCUT2D eigenvalue weighted by atomic mass is 10.1. The monoisotopic (exact) mass is 275 g/mol. The number of carbonyl (C=O) groups is 1. The maximum absolute atomic E-state index is 11.0. The Hall–Kier alpha value is -2.37. The normalized spacial score (nSPS) is 10.3. The van der Waals surface area contributed by atoms with Crippen molar-refractivity contribution in [3.63, 3.8) is 0 Å². The molecule has 0 N–H and O–H groups in total. The summed E-state index contributed by atoms with van der Waals surface area (Å²) >= 11 is 0. The van der Waals surface area contributed by atoms with Crippen molar-refractivity contribution in [3.05, 3.63) is 24.1 Å². The fraction of sp³-hybridized carbons (Fsp3) is 0.357. The minimum Gasteiger partial charge on any atom is -0.491 e. The average Bonchev–Trinajstić information content (AvgIpc) is 2.90. The SMILES string of the molecule is CCCOc1ccc(-c2nnc(C)o2)cc1N(C)C=O. The van der Waals surface area contributed by atoms with E-state index in [0.717, 1.165) is 18.4 Å². The van der Waals surface area contributed by atoms with Crippen LogP contribution in [0.4, 0.5) is 5.69 Å². The predicted octanol–water partition coefficient (Wildman–Crippen LogP) is 2.43. The quantitative estimate of drug-likeness (QED) is 0.757. The Kier molecular flexibility index (Phi) is 4.34. The lowest BCUT2D eigenvalue weighted by Gasteiger charge is -2.17. The minimum absolute atomic E-state index is 0.421. The minimum atomic E-state index is 0.421. The van der Waals surface area contributed by atoms with Crippen molar-refractivity contribution < 1.29 is 13.9 Å². The fourth-order valence-corrected chi connectivity index (χ4v) is 1.73. The van der Waals surface area contributed by atoms with Gasteiger partial charge in [0.25, 0.3) is 0 Å². The smallest absolute Gasteiger partial charge is 0.247 e. The fourth-order valence-electron chi connectivity index (χ4n) is 1.73. The number of hydrogen-bond acceptors (Lipinski definition) is 5. The van der Waals surface area contributed by atoms with Crippen LogP contribution in [0.15, 0.2) is 22.6 Å². The molecule has 0 radical (unpaired) electrons. The molecule has 0 aliphatic carbocycles. The Balaban J connectivity index is 2.39. The average molecular weight is 275 g/mol. The topological polar surface area (TPSA) is 68.5 Å². The first-order chi connectivity index (χ1) is 9.65. The third kappa shape index (κ3) is 2.96. The lowest BCUT2D eigenvalue weighted by Crippen LogP contribution is -2.15. The number of anilines is 1. The van der Waals surface area contributed by atoms with Gasteiger partial charge in [-0.2, -0.15) is 0 Å². The molecular formula is C14H17N3O3. The number of amides is 1. The molecular weight excluding hydrogens is 258 g/mol. The molecule has 2 rings (SSSR count). The summed E-state index contributed by atoms with van der Waals surface area (Å²) in [7, 11) is 1.67. The molecule has 20 heavy (non-hydrogen) atoms. The van der Waals surface area contributed by atoms with Gasteiger partial charge in [-0.15, -0.1) is 10.2 Å². The molecule has 1 aromatic carbocycles. The van der Waals surface area contributed by atoms with Gasteiger partial charge in [0.2, 0.25) is 18.2 Å². The van der Waals surface area contributed by atoms with E-state index in [-0.39, 0.29) is 0 Å². The van der Waals surface area contributed by atoms with E-state index in [1.54, 1.807) is 26.1 Å². The molecule has 6 heteroatoms. The molecule has 2 aromatic rings. The molecule has 106 valence electrons. The van der Waals surface area contributed by atoms with Gasteiger partial charge in [-0.05, 0) is 24.6 Å². The van der Waals surface area contributed by atoms with Gasteiger partial charge in [0.15, 0.2) is 0 Å². The largest absolute Gasteiger partial charge is 0.491 e. The third-order valence-corrected chi connectivity index (χ3v) is 2.73. The molecule has 1 amide bonds. The second kappa shape index (κ2) is 6.18. The zero-order valence-electron chi connectivity index (χ0n) is 11.8. The zero-order valence-corrected chi connectivity index (χ0v) is 11.8. The number of aromatic nitrogens is 2. The van der Waals surface area contributed by atoms with E-state index >= 15 is 0 Å².